The number of rotatable bonds is 9. The van der Waals surface area contributed by atoms with Crippen molar-refractivity contribution in [2.75, 3.05) is 61.4 Å². The van der Waals surface area contributed by atoms with Crippen LogP contribution in [0.4, 0.5) is 27.5 Å². The van der Waals surface area contributed by atoms with E-state index in [1.165, 1.54) is 24.3 Å². The molecule has 2 saturated heterocycles. The van der Waals surface area contributed by atoms with E-state index in [0.29, 0.717) is 59.9 Å². The van der Waals surface area contributed by atoms with Crippen LogP contribution in [0.25, 0.3) is 11.0 Å². The Morgan fingerprint density at radius 2 is 1.67 bits per heavy atom. The summed E-state index contributed by atoms with van der Waals surface area (Å²) in [7, 11) is -1.23. The predicted octanol–water partition coefficient (Wildman–Crippen LogP) is 3.87. The topological polar surface area (TPSA) is 127 Å². The fraction of sp³-hybridized carbons (Fsp3) is 0.406. The lowest BCUT2D eigenvalue weighted by Crippen LogP contribution is -2.48. The molecule has 2 aliphatic heterocycles. The minimum Gasteiger partial charge on any atom is -0.369 e. The first kappa shape index (κ1) is 29.6. The summed E-state index contributed by atoms with van der Waals surface area (Å²) in [4.78, 5) is 33.1. The fourth-order valence-corrected chi connectivity index (χ4v) is 7.76. The number of fused-ring (bicyclic) bond motifs is 1. The molecule has 1 atom stereocenters. The van der Waals surface area contributed by atoms with Crippen molar-refractivity contribution in [2.24, 2.45) is 0 Å². The van der Waals surface area contributed by atoms with Gasteiger partial charge in [-0.1, -0.05) is 0 Å². The van der Waals surface area contributed by atoms with E-state index in [0.717, 1.165) is 50.4 Å². The number of halogens is 1. The molecule has 0 radical (unpaired) electrons. The number of nitrogens with one attached hydrogen (secondary N) is 3. The van der Waals surface area contributed by atoms with Crippen LogP contribution in [0.3, 0.4) is 0 Å². The summed E-state index contributed by atoms with van der Waals surface area (Å²) in [5.41, 5.74) is 3.17. The molecular weight excluding hydrogens is 595 g/mol. The Morgan fingerprint density at radius 3 is 2.38 bits per heavy atom. The van der Waals surface area contributed by atoms with Crippen molar-refractivity contribution in [1.82, 2.24) is 24.6 Å². The Bertz CT molecular complexity index is 1800. The largest absolute Gasteiger partial charge is 0.369 e. The van der Waals surface area contributed by atoms with E-state index in [-0.39, 0.29) is 17.1 Å². The van der Waals surface area contributed by atoms with Crippen LogP contribution < -0.4 is 19.8 Å². The zero-order valence-electron chi connectivity index (χ0n) is 25.2. The first-order valence-corrected chi connectivity index (χ1v) is 17.0. The zero-order valence-corrected chi connectivity index (χ0v) is 26.0. The highest BCUT2D eigenvalue weighted by Gasteiger charge is 2.38. The molecule has 4 aromatic rings. The van der Waals surface area contributed by atoms with Crippen molar-refractivity contribution in [1.29, 1.82) is 0 Å². The number of piperazine rings is 1. The van der Waals surface area contributed by atoms with Crippen LogP contribution in [-0.2, 0) is 10.0 Å². The SMILES string of the molecule is CN1CCN(c2ccc(Nc3nc(N4CCC[C@H](NS(=O)(=O)C5CC5)C4)c4c(C(=O)c5ccc(F)cc5)c[nH]c4n3)cc2)CC1. The van der Waals surface area contributed by atoms with Crippen LogP contribution in [0.5, 0.6) is 0 Å². The summed E-state index contributed by atoms with van der Waals surface area (Å²) >= 11 is 0. The van der Waals surface area contributed by atoms with Crippen LogP contribution in [0, 0.1) is 5.82 Å². The molecule has 2 aromatic heterocycles. The van der Waals surface area contributed by atoms with Gasteiger partial charge in [0.15, 0.2) is 5.78 Å². The third kappa shape index (κ3) is 6.37. The highest BCUT2D eigenvalue weighted by Crippen LogP contribution is 2.34. The molecule has 236 valence electrons. The number of carbonyl (C=O) groups excluding carboxylic acids is 1. The molecule has 11 nitrogen and oxygen atoms in total. The Morgan fingerprint density at radius 1 is 0.933 bits per heavy atom. The maximum absolute atomic E-state index is 13.6. The van der Waals surface area contributed by atoms with Crippen molar-refractivity contribution >= 4 is 50.0 Å². The average Bonchev–Trinajstić information content (AvgIpc) is 3.82. The van der Waals surface area contributed by atoms with Crippen LogP contribution in [0.2, 0.25) is 0 Å². The molecular formula is C32H37FN8O3S. The van der Waals surface area contributed by atoms with Gasteiger partial charge in [-0.15, -0.1) is 0 Å². The number of ketones is 1. The lowest BCUT2D eigenvalue weighted by Gasteiger charge is -2.34. The number of piperidine rings is 1. The molecule has 3 fully saturated rings. The zero-order chi connectivity index (χ0) is 31.1. The third-order valence-electron chi connectivity index (χ3n) is 8.87. The number of nitrogens with zero attached hydrogens (tertiary/aromatic N) is 5. The molecule has 3 N–H and O–H groups in total. The normalized spacial score (nSPS) is 19.6. The van der Waals surface area contributed by atoms with E-state index in [1.54, 1.807) is 6.20 Å². The minimum absolute atomic E-state index is 0.275. The number of carbonyl (C=O) groups is 1. The summed E-state index contributed by atoms with van der Waals surface area (Å²) in [5.74, 6) is 0.191. The van der Waals surface area contributed by atoms with E-state index in [4.69, 9.17) is 9.97 Å². The van der Waals surface area contributed by atoms with Gasteiger partial charge in [-0.05, 0) is 81.3 Å². The molecule has 1 aliphatic carbocycles. The smallest absolute Gasteiger partial charge is 0.231 e. The molecule has 4 heterocycles. The Kier molecular flexibility index (Phi) is 7.92. The molecule has 7 rings (SSSR count). The number of hydrogen-bond donors (Lipinski definition) is 3. The standard InChI is InChI=1S/C32H37FN8O3S/c1-39-15-17-40(18-16-39)25-10-8-23(9-11-25)35-32-36-30-28(27(19-34-30)29(42)21-4-6-22(33)7-5-21)31(37-32)41-14-2-3-24(20-41)38-45(43,44)26-12-13-26/h4-11,19,24,26,38H,2-3,12-18,20H2,1H3,(H2,34,35,36,37)/t24-/m0/s1. The van der Waals surface area contributed by atoms with Gasteiger partial charge >= 0.3 is 0 Å². The van der Waals surface area contributed by atoms with Crippen molar-refractivity contribution < 1.29 is 17.6 Å². The van der Waals surface area contributed by atoms with Crippen molar-refractivity contribution in [2.45, 2.75) is 37.0 Å². The molecule has 1 saturated carbocycles. The van der Waals surface area contributed by atoms with Gasteiger partial charge < -0.3 is 25.0 Å². The molecule has 13 heteroatoms. The highest BCUT2D eigenvalue weighted by molar-refractivity contribution is 7.90. The molecule has 0 unspecified atom stereocenters. The summed E-state index contributed by atoms with van der Waals surface area (Å²) in [6.45, 7) is 5.06. The predicted molar refractivity (Wildman–Crippen MR) is 173 cm³/mol. The van der Waals surface area contributed by atoms with E-state index < -0.39 is 15.8 Å². The van der Waals surface area contributed by atoms with Crippen LogP contribution in [-0.4, -0.2) is 91.7 Å². The number of aromatic nitrogens is 3. The van der Waals surface area contributed by atoms with Crippen molar-refractivity contribution in [3.05, 3.63) is 71.7 Å². The van der Waals surface area contributed by atoms with Gasteiger partial charge in [-0.3, -0.25) is 4.79 Å². The number of aromatic amines is 1. The number of H-pyrrole nitrogens is 1. The summed E-state index contributed by atoms with van der Waals surface area (Å²) in [5, 5.41) is 3.57. The third-order valence-corrected chi connectivity index (χ3v) is 10.9. The lowest BCUT2D eigenvalue weighted by atomic mass is 10.0. The lowest BCUT2D eigenvalue weighted by molar-refractivity contribution is 0.104. The van der Waals surface area contributed by atoms with Gasteiger partial charge in [0.1, 0.15) is 17.3 Å². The molecule has 45 heavy (non-hydrogen) atoms. The van der Waals surface area contributed by atoms with Gasteiger partial charge in [-0.25, -0.2) is 17.5 Å². The van der Waals surface area contributed by atoms with Crippen molar-refractivity contribution in [3.63, 3.8) is 0 Å². The number of benzene rings is 2. The van der Waals surface area contributed by atoms with E-state index in [2.05, 4.69) is 44.0 Å². The molecule has 2 aromatic carbocycles. The Hall–Kier alpha value is -4.07. The second-order valence-electron chi connectivity index (χ2n) is 12.2. The maximum atomic E-state index is 13.6. The van der Waals surface area contributed by atoms with Crippen LogP contribution >= 0.6 is 0 Å². The number of sulfonamides is 1. The van der Waals surface area contributed by atoms with Gasteiger partial charge in [-0.2, -0.15) is 9.97 Å². The van der Waals surface area contributed by atoms with Gasteiger partial charge in [0.05, 0.1) is 16.2 Å². The summed E-state index contributed by atoms with van der Waals surface area (Å²) < 4.78 is 42.0. The Labute approximate surface area is 261 Å². The summed E-state index contributed by atoms with van der Waals surface area (Å²) in [6, 6.07) is 13.3. The van der Waals surface area contributed by atoms with Crippen LogP contribution in [0.15, 0.2) is 54.7 Å². The van der Waals surface area contributed by atoms with Gasteiger partial charge in [0.25, 0.3) is 0 Å². The maximum Gasteiger partial charge on any atom is 0.231 e. The van der Waals surface area contributed by atoms with Crippen molar-refractivity contribution in [3.8, 4) is 0 Å². The fourth-order valence-electron chi connectivity index (χ4n) is 6.16. The van der Waals surface area contributed by atoms with E-state index in [9.17, 15) is 17.6 Å². The molecule has 0 amide bonds. The highest BCUT2D eigenvalue weighted by atomic mass is 32.2. The minimum atomic E-state index is -3.37. The van der Waals surface area contributed by atoms with E-state index in [1.807, 2.05) is 17.0 Å². The number of likely N-dealkylation sites (N-methyl/N-ethyl adjacent to an activating group) is 1. The van der Waals surface area contributed by atoms with Gasteiger partial charge in [0.2, 0.25) is 16.0 Å². The average molecular weight is 633 g/mol. The second kappa shape index (κ2) is 12.0. The first-order valence-electron chi connectivity index (χ1n) is 15.5. The number of anilines is 4. The molecule has 0 bridgehead atoms. The quantitative estimate of drug-likeness (QED) is 0.236. The first-order chi connectivity index (χ1) is 21.7. The Balaban J connectivity index is 1.21. The monoisotopic (exact) mass is 632 g/mol. The molecule has 3 aliphatic rings. The van der Waals surface area contributed by atoms with Gasteiger partial charge in [0, 0.05) is 68.4 Å². The van der Waals surface area contributed by atoms with Crippen LogP contribution in [0.1, 0.15) is 41.6 Å². The molecule has 0 spiro atoms. The number of hydrogen-bond acceptors (Lipinski definition) is 9. The van der Waals surface area contributed by atoms with E-state index >= 15 is 0 Å². The second-order valence-corrected chi connectivity index (χ2v) is 14.2. The summed E-state index contributed by atoms with van der Waals surface area (Å²) in [6.07, 6.45) is 4.48.